The largest absolute Gasteiger partial charge is 0.422 e. The smallest absolute Gasteiger partial charge is 0.353 e. The fraction of sp³-hybridized carbons (Fsp3) is 0. The number of carbonyl (C=O) groups is 2. The number of hydrazone groups is 1. The maximum Gasteiger partial charge on any atom is 0.353 e. The summed E-state index contributed by atoms with van der Waals surface area (Å²) in [6.07, 6.45) is 1.48. The Bertz CT molecular complexity index is 955. The van der Waals surface area contributed by atoms with Crippen molar-refractivity contribution in [3.63, 3.8) is 0 Å². The summed E-state index contributed by atoms with van der Waals surface area (Å²) in [6.45, 7) is 0. The molecule has 0 spiro atoms. The number of nitrogens with zero attached hydrogens (tertiary/aromatic N) is 1. The van der Waals surface area contributed by atoms with E-state index < -0.39 is 5.97 Å². The zero-order chi connectivity index (χ0) is 18.4. The van der Waals surface area contributed by atoms with Crippen LogP contribution >= 0.6 is 27.3 Å². The van der Waals surface area contributed by atoms with Gasteiger partial charge in [0.15, 0.2) is 0 Å². The number of hydrogen-bond acceptors (Lipinski definition) is 5. The highest BCUT2D eigenvalue weighted by atomic mass is 79.9. The van der Waals surface area contributed by atoms with Crippen LogP contribution in [-0.4, -0.2) is 18.1 Å². The number of amides is 1. The standard InChI is InChI=1S/C19H13BrN2O3S/c20-16-8-2-1-7-15(16)18(23)22-21-12-13-5-3-6-14(11-13)25-19(24)17-9-4-10-26-17/h1-12H,(H,22,23). The minimum absolute atomic E-state index is 0.325. The first-order valence-corrected chi connectivity index (χ1v) is 9.24. The van der Waals surface area contributed by atoms with Crippen LogP contribution in [0, 0.1) is 0 Å². The van der Waals surface area contributed by atoms with E-state index in [9.17, 15) is 9.59 Å². The van der Waals surface area contributed by atoms with E-state index in [1.54, 1.807) is 54.6 Å². The summed E-state index contributed by atoms with van der Waals surface area (Å²) in [5, 5.41) is 5.76. The summed E-state index contributed by atoms with van der Waals surface area (Å²) in [6, 6.07) is 17.5. The molecule has 0 saturated heterocycles. The van der Waals surface area contributed by atoms with E-state index in [0.29, 0.717) is 26.2 Å². The van der Waals surface area contributed by atoms with Gasteiger partial charge >= 0.3 is 5.97 Å². The van der Waals surface area contributed by atoms with Crippen molar-refractivity contribution >= 4 is 45.4 Å². The summed E-state index contributed by atoms with van der Waals surface area (Å²) < 4.78 is 6.02. The minimum atomic E-state index is -0.406. The monoisotopic (exact) mass is 428 g/mol. The van der Waals surface area contributed by atoms with Crippen molar-refractivity contribution in [3.05, 3.63) is 86.5 Å². The average molecular weight is 429 g/mol. The van der Waals surface area contributed by atoms with Crippen molar-refractivity contribution in [1.82, 2.24) is 5.43 Å². The molecule has 1 heterocycles. The normalized spacial score (nSPS) is 10.7. The highest BCUT2D eigenvalue weighted by molar-refractivity contribution is 9.10. The third-order valence-corrected chi connectivity index (χ3v) is 4.83. The first-order valence-electron chi connectivity index (χ1n) is 7.57. The molecule has 1 aromatic heterocycles. The summed E-state index contributed by atoms with van der Waals surface area (Å²) >= 11 is 4.64. The Morgan fingerprint density at radius 3 is 2.69 bits per heavy atom. The molecular formula is C19H13BrN2O3S. The SMILES string of the molecule is O=C(Oc1cccc(C=NNC(=O)c2ccccc2Br)c1)c1cccs1. The van der Waals surface area contributed by atoms with Crippen molar-refractivity contribution in [1.29, 1.82) is 0 Å². The second-order valence-corrected chi connectivity index (χ2v) is 6.92. The number of thiophene rings is 1. The number of nitrogens with one attached hydrogen (secondary N) is 1. The molecule has 0 bridgehead atoms. The van der Waals surface area contributed by atoms with Gasteiger partial charge in [0.1, 0.15) is 10.6 Å². The van der Waals surface area contributed by atoms with Gasteiger partial charge in [-0.3, -0.25) is 4.79 Å². The molecule has 0 aliphatic rings. The number of carbonyl (C=O) groups excluding carboxylic acids is 2. The van der Waals surface area contributed by atoms with Gasteiger partial charge in [-0.1, -0.05) is 30.3 Å². The van der Waals surface area contributed by atoms with E-state index in [-0.39, 0.29) is 5.91 Å². The Hall–Kier alpha value is -2.77. The molecule has 130 valence electrons. The van der Waals surface area contributed by atoms with Gasteiger partial charge < -0.3 is 4.74 Å². The van der Waals surface area contributed by atoms with Crippen LogP contribution in [0.5, 0.6) is 5.75 Å². The van der Waals surface area contributed by atoms with Crippen LogP contribution in [0.3, 0.4) is 0 Å². The van der Waals surface area contributed by atoms with Crippen LogP contribution < -0.4 is 10.2 Å². The molecule has 0 aliphatic carbocycles. The van der Waals surface area contributed by atoms with E-state index in [0.717, 1.165) is 0 Å². The zero-order valence-electron chi connectivity index (χ0n) is 13.4. The molecule has 0 saturated carbocycles. The lowest BCUT2D eigenvalue weighted by Gasteiger charge is -2.04. The molecule has 3 aromatic rings. The lowest BCUT2D eigenvalue weighted by atomic mass is 10.2. The molecular weight excluding hydrogens is 416 g/mol. The molecule has 0 radical (unpaired) electrons. The summed E-state index contributed by atoms with van der Waals surface area (Å²) in [5.74, 6) is -0.324. The van der Waals surface area contributed by atoms with Crippen molar-refractivity contribution < 1.29 is 14.3 Å². The summed E-state index contributed by atoms with van der Waals surface area (Å²) in [5.41, 5.74) is 3.64. The van der Waals surface area contributed by atoms with Crippen LogP contribution in [0.1, 0.15) is 25.6 Å². The number of benzene rings is 2. The highest BCUT2D eigenvalue weighted by Crippen LogP contribution is 2.17. The van der Waals surface area contributed by atoms with Gasteiger partial charge in [0.05, 0.1) is 11.8 Å². The first kappa shape index (κ1) is 18.0. The van der Waals surface area contributed by atoms with Crippen molar-refractivity contribution in [3.8, 4) is 5.75 Å². The van der Waals surface area contributed by atoms with Crippen LogP contribution in [0.25, 0.3) is 0 Å². The molecule has 7 heteroatoms. The van der Waals surface area contributed by atoms with E-state index in [1.807, 2.05) is 11.4 Å². The topological polar surface area (TPSA) is 67.8 Å². The maximum absolute atomic E-state index is 12.1. The number of ether oxygens (including phenoxy) is 1. The summed E-state index contributed by atoms with van der Waals surface area (Å²) in [4.78, 5) is 24.6. The Kier molecular flexibility index (Phi) is 5.93. The lowest BCUT2D eigenvalue weighted by Crippen LogP contribution is -2.18. The van der Waals surface area contributed by atoms with Crippen LogP contribution in [-0.2, 0) is 0 Å². The fourth-order valence-electron chi connectivity index (χ4n) is 2.08. The molecule has 0 aliphatic heterocycles. The highest BCUT2D eigenvalue weighted by Gasteiger charge is 2.10. The Morgan fingerprint density at radius 2 is 1.92 bits per heavy atom. The van der Waals surface area contributed by atoms with Crippen LogP contribution in [0.2, 0.25) is 0 Å². The Labute approximate surface area is 162 Å². The Balaban J connectivity index is 1.63. The van der Waals surface area contributed by atoms with Gasteiger partial charge in [0, 0.05) is 4.47 Å². The molecule has 26 heavy (non-hydrogen) atoms. The Morgan fingerprint density at radius 1 is 1.08 bits per heavy atom. The quantitative estimate of drug-likeness (QED) is 0.281. The van der Waals surface area contributed by atoms with Crippen molar-refractivity contribution in [2.24, 2.45) is 5.10 Å². The first-order chi connectivity index (χ1) is 12.6. The van der Waals surface area contributed by atoms with Crippen molar-refractivity contribution in [2.75, 3.05) is 0 Å². The molecule has 1 N–H and O–H groups in total. The van der Waals surface area contributed by atoms with Gasteiger partial charge in [0.25, 0.3) is 5.91 Å². The average Bonchev–Trinajstić information content (AvgIpc) is 3.17. The third-order valence-electron chi connectivity index (χ3n) is 3.29. The molecule has 0 fully saturated rings. The van der Waals surface area contributed by atoms with Gasteiger partial charge in [-0.2, -0.15) is 5.10 Å². The molecule has 1 amide bonds. The zero-order valence-corrected chi connectivity index (χ0v) is 15.8. The maximum atomic E-state index is 12.1. The van der Waals surface area contributed by atoms with E-state index in [2.05, 4.69) is 26.5 Å². The van der Waals surface area contributed by atoms with E-state index in [1.165, 1.54) is 17.6 Å². The lowest BCUT2D eigenvalue weighted by molar-refractivity contribution is 0.0739. The van der Waals surface area contributed by atoms with Crippen molar-refractivity contribution in [2.45, 2.75) is 0 Å². The number of halogens is 1. The predicted molar refractivity (Wildman–Crippen MR) is 105 cm³/mol. The van der Waals surface area contributed by atoms with E-state index in [4.69, 9.17) is 4.74 Å². The second-order valence-electron chi connectivity index (χ2n) is 5.12. The number of esters is 1. The number of rotatable bonds is 5. The summed E-state index contributed by atoms with van der Waals surface area (Å²) in [7, 11) is 0. The second kappa shape index (κ2) is 8.55. The number of hydrogen-bond donors (Lipinski definition) is 1. The van der Waals surface area contributed by atoms with E-state index >= 15 is 0 Å². The predicted octanol–water partition coefficient (Wildman–Crippen LogP) is 4.49. The third kappa shape index (κ3) is 4.65. The van der Waals surface area contributed by atoms with Gasteiger partial charge in [-0.15, -0.1) is 11.3 Å². The molecule has 5 nitrogen and oxygen atoms in total. The molecule has 0 atom stereocenters. The molecule has 0 unspecified atom stereocenters. The fourth-order valence-corrected chi connectivity index (χ4v) is 3.15. The molecule has 3 rings (SSSR count). The van der Waals surface area contributed by atoms with Gasteiger partial charge in [0.2, 0.25) is 0 Å². The van der Waals surface area contributed by atoms with Gasteiger partial charge in [-0.25, -0.2) is 10.2 Å². The van der Waals surface area contributed by atoms with Gasteiger partial charge in [-0.05, 0) is 57.2 Å². The van der Waals surface area contributed by atoms with Crippen LogP contribution in [0.15, 0.2) is 75.6 Å². The van der Waals surface area contributed by atoms with Crippen LogP contribution in [0.4, 0.5) is 0 Å². The minimum Gasteiger partial charge on any atom is -0.422 e. The molecule has 2 aromatic carbocycles.